The summed E-state index contributed by atoms with van der Waals surface area (Å²) in [4.78, 5) is 0. The lowest BCUT2D eigenvalue weighted by Gasteiger charge is -1.96. The molecule has 0 atom stereocenters. The van der Waals surface area contributed by atoms with E-state index in [1.54, 1.807) is 0 Å². The van der Waals surface area contributed by atoms with E-state index < -0.39 is 0 Å². The fourth-order valence-corrected chi connectivity index (χ4v) is 1.64. The Bertz CT molecular complexity index is 220. The zero-order valence-electron chi connectivity index (χ0n) is 9.35. The maximum absolute atomic E-state index is 3.11. The van der Waals surface area contributed by atoms with Gasteiger partial charge in [0.15, 0.2) is 0 Å². The summed E-state index contributed by atoms with van der Waals surface area (Å²) < 4.78 is 0. The largest absolute Gasteiger partial charge is 0.303 e. The molecule has 78 valence electrons. The third-order valence-electron chi connectivity index (χ3n) is 2.09. The van der Waals surface area contributed by atoms with Crippen molar-refractivity contribution in [1.82, 2.24) is 10.6 Å². The maximum atomic E-state index is 3.11. The monoisotopic (exact) mass is 192 g/mol. The Morgan fingerprint density at radius 1 is 0.786 bits per heavy atom. The summed E-state index contributed by atoms with van der Waals surface area (Å²) in [7, 11) is 0. The van der Waals surface area contributed by atoms with Crippen LogP contribution in [0.4, 0.5) is 0 Å². The Morgan fingerprint density at radius 3 is 1.36 bits per heavy atom. The first-order chi connectivity index (χ1) is 6.68. The van der Waals surface area contributed by atoms with E-state index in [1.165, 1.54) is 16.7 Å². The zero-order chi connectivity index (χ0) is 10.4. The van der Waals surface area contributed by atoms with Crippen LogP contribution in [0.5, 0.6) is 0 Å². The molecular weight excluding hydrogens is 172 g/mol. The average Bonchev–Trinajstić information content (AvgIpc) is 2.56. The minimum Gasteiger partial charge on any atom is -0.303 e. The SMILES string of the molecule is C1CNCN1.Cc1cc(C)cc(C)c1. The van der Waals surface area contributed by atoms with E-state index in [-0.39, 0.29) is 0 Å². The normalized spacial score (nSPS) is 14.8. The van der Waals surface area contributed by atoms with Crippen LogP contribution in [0.25, 0.3) is 0 Å². The highest BCUT2D eigenvalue weighted by Gasteiger charge is 1.90. The van der Waals surface area contributed by atoms with Gasteiger partial charge in [-0.05, 0) is 20.8 Å². The molecule has 1 aromatic rings. The molecule has 0 radical (unpaired) electrons. The van der Waals surface area contributed by atoms with E-state index in [9.17, 15) is 0 Å². The van der Waals surface area contributed by atoms with E-state index in [2.05, 4.69) is 49.6 Å². The van der Waals surface area contributed by atoms with Gasteiger partial charge in [0.1, 0.15) is 0 Å². The predicted octanol–water partition coefficient (Wildman–Crippen LogP) is 1.75. The molecule has 0 aromatic heterocycles. The molecule has 1 heterocycles. The van der Waals surface area contributed by atoms with Gasteiger partial charge in [0, 0.05) is 19.8 Å². The van der Waals surface area contributed by atoms with Gasteiger partial charge in [0.25, 0.3) is 0 Å². The molecule has 1 saturated heterocycles. The number of rotatable bonds is 0. The summed E-state index contributed by atoms with van der Waals surface area (Å²) in [5.74, 6) is 0. The summed E-state index contributed by atoms with van der Waals surface area (Å²) in [6.45, 7) is 9.65. The van der Waals surface area contributed by atoms with Crippen LogP contribution in [0.15, 0.2) is 18.2 Å². The van der Waals surface area contributed by atoms with E-state index >= 15 is 0 Å². The second kappa shape index (κ2) is 5.78. The number of hydrogen-bond acceptors (Lipinski definition) is 2. The summed E-state index contributed by atoms with van der Waals surface area (Å²) in [6.07, 6.45) is 0. The van der Waals surface area contributed by atoms with Crippen molar-refractivity contribution in [2.45, 2.75) is 20.8 Å². The Labute approximate surface area is 86.7 Å². The van der Waals surface area contributed by atoms with Gasteiger partial charge in [0.05, 0.1) is 0 Å². The second-order valence-electron chi connectivity index (χ2n) is 3.84. The van der Waals surface area contributed by atoms with Crippen molar-refractivity contribution in [2.75, 3.05) is 19.8 Å². The zero-order valence-corrected chi connectivity index (χ0v) is 9.35. The highest BCUT2D eigenvalue weighted by atomic mass is 15.1. The first-order valence-electron chi connectivity index (χ1n) is 5.15. The van der Waals surface area contributed by atoms with Gasteiger partial charge in [-0.3, -0.25) is 0 Å². The van der Waals surface area contributed by atoms with Gasteiger partial charge >= 0.3 is 0 Å². The van der Waals surface area contributed by atoms with Crippen molar-refractivity contribution >= 4 is 0 Å². The Balaban J connectivity index is 0.000000165. The molecular formula is C12H20N2. The standard InChI is InChI=1S/C9H12.C3H8N2/c1-7-4-8(2)6-9(3)5-7;1-2-5-3-4-1/h4-6H,1-3H3;4-5H,1-3H2. The second-order valence-corrected chi connectivity index (χ2v) is 3.84. The van der Waals surface area contributed by atoms with E-state index in [0.29, 0.717) is 0 Å². The van der Waals surface area contributed by atoms with Crippen molar-refractivity contribution in [3.05, 3.63) is 34.9 Å². The highest BCUT2D eigenvalue weighted by Crippen LogP contribution is 2.06. The third-order valence-corrected chi connectivity index (χ3v) is 2.09. The molecule has 1 fully saturated rings. The van der Waals surface area contributed by atoms with Crippen molar-refractivity contribution in [3.63, 3.8) is 0 Å². The lowest BCUT2D eigenvalue weighted by atomic mass is 10.1. The molecule has 0 saturated carbocycles. The van der Waals surface area contributed by atoms with Gasteiger partial charge in [-0.25, -0.2) is 0 Å². The van der Waals surface area contributed by atoms with Gasteiger partial charge < -0.3 is 10.6 Å². The smallest absolute Gasteiger partial charge is 0.0455 e. The van der Waals surface area contributed by atoms with Crippen molar-refractivity contribution in [1.29, 1.82) is 0 Å². The molecule has 1 aromatic carbocycles. The molecule has 0 unspecified atom stereocenters. The average molecular weight is 192 g/mol. The van der Waals surface area contributed by atoms with Gasteiger partial charge in [0.2, 0.25) is 0 Å². The third kappa shape index (κ3) is 4.40. The molecule has 0 spiro atoms. The Kier molecular flexibility index (Phi) is 4.63. The summed E-state index contributed by atoms with van der Waals surface area (Å²) in [6, 6.07) is 6.56. The van der Waals surface area contributed by atoms with Crippen molar-refractivity contribution in [3.8, 4) is 0 Å². The Hall–Kier alpha value is -0.860. The minimum atomic E-state index is 1.00. The van der Waals surface area contributed by atoms with Crippen molar-refractivity contribution in [2.24, 2.45) is 0 Å². The van der Waals surface area contributed by atoms with E-state index in [4.69, 9.17) is 0 Å². The molecule has 1 aliphatic heterocycles. The fourth-order valence-electron chi connectivity index (χ4n) is 1.64. The van der Waals surface area contributed by atoms with Gasteiger partial charge in [-0.1, -0.05) is 34.9 Å². The van der Waals surface area contributed by atoms with Gasteiger partial charge in [-0.15, -0.1) is 0 Å². The molecule has 0 bridgehead atoms. The molecule has 14 heavy (non-hydrogen) atoms. The number of benzene rings is 1. The molecule has 1 aliphatic rings. The molecule has 2 N–H and O–H groups in total. The van der Waals surface area contributed by atoms with Crippen LogP contribution in [0, 0.1) is 20.8 Å². The molecule has 2 nitrogen and oxygen atoms in total. The lowest BCUT2D eigenvalue weighted by molar-refractivity contribution is 0.807. The molecule has 2 heteroatoms. The van der Waals surface area contributed by atoms with Crippen LogP contribution in [-0.2, 0) is 0 Å². The van der Waals surface area contributed by atoms with E-state index in [0.717, 1.165) is 19.8 Å². The molecule has 2 rings (SSSR count). The number of hydrogen-bond donors (Lipinski definition) is 2. The van der Waals surface area contributed by atoms with E-state index in [1.807, 2.05) is 0 Å². The summed E-state index contributed by atoms with van der Waals surface area (Å²) in [5, 5.41) is 6.22. The summed E-state index contributed by atoms with van der Waals surface area (Å²) in [5.41, 5.74) is 4.06. The van der Waals surface area contributed by atoms with Crippen LogP contribution in [0.2, 0.25) is 0 Å². The first-order valence-corrected chi connectivity index (χ1v) is 5.15. The molecule has 0 aliphatic carbocycles. The summed E-state index contributed by atoms with van der Waals surface area (Å²) >= 11 is 0. The van der Waals surface area contributed by atoms with Crippen molar-refractivity contribution < 1.29 is 0 Å². The van der Waals surface area contributed by atoms with Crippen LogP contribution in [0.3, 0.4) is 0 Å². The first kappa shape index (κ1) is 11.2. The van der Waals surface area contributed by atoms with Crippen LogP contribution in [-0.4, -0.2) is 19.8 Å². The maximum Gasteiger partial charge on any atom is 0.0455 e. The Morgan fingerprint density at radius 2 is 1.14 bits per heavy atom. The van der Waals surface area contributed by atoms with Crippen LogP contribution >= 0.6 is 0 Å². The van der Waals surface area contributed by atoms with Crippen LogP contribution < -0.4 is 10.6 Å². The quantitative estimate of drug-likeness (QED) is 0.654. The number of nitrogens with one attached hydrogen (secondary N) is 2. The molecule has 0 amide bonds. The lowest BCUT2D eigenvalue weighted by Crippen LogP contribution is -2.11. The van der Waals surface area contributed by atoms with Crippen LogP contribution in [0.1, 0.15) is 16.7 Å². The topological polar surface area (TPSA) is 24.1 Å². The number of aryl methyl sites for hydroxylation is 3. The highest BCUT2D eigenvalue weighted by molar-refractivity contribution is 5.27. The predicted molar refractivity (Wildman–Crippen MR) is 61.5 cm³/mol. The minimum absolute atomic E-state index is 1.00. The fraction of sp³-hybridized carbons (Fsp3) is 0.500. The van der Waals surface area contributed by atoms with Gasteiger partial charge in [-0.2, -0.15) is 0 Å².